The fraction of sp³-hybridized carbons (Fsp3) is 0.226. The molecule has 2 nitrogen and oxygen atoms in total. The number of aryl methyl sites for hydroxylation is 8. The van der Waals surface area contributed by atoms with Gasteiger partial charge in [-0.2, -0.15) is 0 Å². The first-order chi connectivity index (χ1) is 31.0. The first kappa shape index (κ1) is 42.7. The van der Waals surface area contributed by atoms with Crippen LogP contribution in [-0.4, -0.2) is 0 Å². The average Bonchev–Trinajstić information content (AvgIpc) is 3.32. The molecule has 1 aliphatic rings. The Morgan fingerprint density at radius 1 is 0.297 bits per heavy atom. The van der Waals surface area contributed by atoms with Crippen molar-refractivity contribution in [2.45, 2.75) is 92.9 Å². The Bertz CT molecular complexity index is 2720. The molecule has 320 valence electrons. The van der Waals surface area contributed by atoms with E-state index in [1.54, 1.807) is 0 Å². The van der Waals surface area contributed by atoms with Crippen molar-refractivity contribution >= 4 is 34.1 Å². The van der Waals surface area contributed by atoms with Crippen molar-refractivity contribution in [3.8, 4) is 22.3 Å². The number of anilines is 6. The predicted molar refractivity (Wildman–Crippen MR) is 275 cm³/mol. The molecule has 2 heteroatoms. The van der Waals surface area contributed by atoms with Gasteiger partial charge < -0.3 is 9.80 Å². The highest BCUT2D eigenvalue weighted by Crippen LogP contribution is 2.49. The molecule has 64 heavy (non-hydrogen) atoms. The van der Waals surface area contributed by atoms with Gasteiger partial charge in [-0.15, -0.1) is 0 Å². The van der Waals surface area contributed by atoms with Crippen molar-refractivity contribution in [2.75, 3.05) is 9.80 Å². The van der Waals surface area contributed by atoms with Gasteiger partial charge in [0.05, 0.1) is 0 Å². The quantitative estimate of drug-likeness (QED) is 0.135. The summed E-state index contributed by atoms with van der Waals surface area (Å²) in [5, 5.41) is 0. The SMILES string of the molecule is Cc1cc(C)c(N(c2ccc(-c3ccccc3)cc2)c2ccc(C3(c4ccc(N(c5ccc(-c6ccccc6)cc5)c5cc(C)c(C)cc5C)c(C)c4)CCCCC3)cc2C)cc1C. The molecule has 0 radical (unpaired) electrons. The molecule has 0 spiro atoms. The van der Waals surface area contributed by atoms with Crippen LogP contribution in [0, 0.1) is 55.4 Å². The summed E-state index contributed by atoms with van der Waals surface area (Å²) in [4.78, 5) is 4.97. The molecule has 8 aromatic rings. The van der Waals surface area contributed by atoms with E-state index in [1.165, 1.54) is 131 Å². The van der Waals surface area contributed by atoms with Gasteiger partial charge in [-0.3, -0.25) is 0 Å². The van der Waals surface area contributed by atoms with Crippen LogP contribution in [0.5, 0.6) is 0 Å². The van der Waals surface area contributed by atoms with Crippen molar-refractivity contribution < 1.29 is 0 Å². The smallest absolute Gasteiger partial charge is 0.0493 e. The first-order valence-electron chi connectivity index (χ1n) is 23.3. The van der Waals surface area contributed by atoms with E-state index < -0.39 is 0 Å². The monoisotopic (exact) mass is 834 g/mol. The number of hydrogen-bond acceptors (Lipinski definition) is 2. The molecular weight excluding hydrogens is 773 g/mol. The van der Waals surface area contributed by atoms with Gasteiger partial charge in [0, 0.05) is 39.5 Å². The van der Waals surface area contributed by atoms with Gasteiger partial charge in [-0.25, -0.2) is 0 Å². The summed E-state index contributed by atoms with van der Waals surface area (Å²) < 4.78 is 0. The number of rotatable bonds is 10. The minimum atomic E-state index is -0.0676. The highest BCUT2D eigenvalue weighted by molar-refractivity contribution is 5.84. The number of nitrogens with zero attached hydrogens (tertiary/aromatic N) is 2. The van der Waals surface area contributed by atoms with E-state index in [1.807, 2.05) is 0 Å². The maximum Gasteiger partial charge on any atom is 0.0493 e. The Morgan fingerprint density at radius 3 is 1.02 bits per heavy atom. The molecule has 1 aliphatic carbocycles. The predicted octanol–water partition coefficient (Wildman–Crippen LogP) is 17.7. The fourth-order valence-electron chi connectivity index (χ4n) is 10.4. The highest BCUT2D eigenvalue weighted by Gasteiger charge is 2.37. The van der Waals surface area contributed by atoms with Gasteiger partial charge in [-0.05, 0) is 195 Å². The molecule has 8 aromatic carbocycles. The van der Waals surface area contributed by atoms with Crippen molar-refractivity contribution in [3.05, 3.63) is 225 Å². The van der Waals surface area contributed by atoms with E-state index in [4.69, 9.17) is 0 Å². The number of benzene rings is 8. The van der Waals surface area contributed by atoms with E-state index in [9.17, 15) is 0 Å². The minimum Gasteiger partial charge on any atom is -0.310 e. The van der Waals surface area contributed by atoms with Crippen molar-refractivity contribution in [1.82, 2.24) is 0 Å². The van der Waals surface area contributed by atoms with E-state index >= 15 is 0 Å². The molecular formula is C62H62N2. The lowest BCUT2D eigenvalue weighted by molar-refractivity contribution is 0.346. The Labute approximate surface area is 382 Å². The Morgan fingerprint density at radius 2 is 0.641 bits per heavy atom. The van der Waals surface area contributed by atoms with E-state index in [0.717, 1.165) is 12.8 Å². The minimum absolute atomic E-state index is 0.0676. The van der Waals surface area contributed by atoms with Gasteiger partial charge in [-0.1, -0.05) is 141 Å². The van der Waals surface area contributed by atoms with Crippen molar-refractivity contribution in [2.24, 2.45) is 0 Å². The van der Waals surface area contributed by atoms with Gasteiger partial charge in [0.1, 0.15) is 0 Å². The second kappa shape index (κ2) is 17.9. The van der Waals surface area contributed by atoms with Crippen LogP contribution in [0.2, 0.25) is 0 Å². The summed E-state index contributed by atoms with van der Waals surface area (Å²) in [5.41, 5.74) is 25.3. The topological polar surface area (TPSA) is 6.48 Å². The second-order valence-corrected chi connectivity index (χ2v) is 18.6. The second-order valence-electron chi connectivity index (χ2n) is 18.6. The summed E-state index contributed by atoms with van der Waals surface area (Å²) >= 11 is 0. The molecule has 0 bridgehead atoms. The first-order valence-corrected chi connectivity index (χ1v) is 23.3. The van der Waals surface area contributed by atoms with Crippen molar-refractivity contribution in [1.29, 1.82) is 0 Å². The summed E-state index contributed by atoms with van der Waals surface area (Å²) in [6.45, 7) is 18.0. The summed E-state index contributed by atoms with van der Waals surface area (Å²) in [6.07, 6.45) is 6.03. The van der Waals surface area contributed by atoms with Gasteiger partial charge in [0.25, 0.3) is 0 Å². The van der Waals surface area contributed by atoms with Gasteiger partial charge >= 0.3 is 0 Å². The molecule has 0 aromatic heterocycles. The molecule has 9 rings (SSSR count). The largest absolute Gasteiger partial charge is 0.310 e. The van der Waals surface area contributed by atoms with Crippen molar-refractivity contribution in [3.63, 3.8) is 0 Å². The van der Waals surface area contributed by atoms with E-state index in [-0.39, 0.29) is 5.41 Å². The van der Waals surface area contributed by atoms with Gasteiger partial charge in [0.15, 0.2) is 0 Å². The zero-order chi connectivity index (χ0) is 44.5. The zero-order valence-electron chi connectivity index (χ0n) is 39.1. The van der Waals surface area contributed by atoms with E-state index in [0.29, 0.717) is 0 Å². The van der Waals surface area contributed by atoms with Crippen LogP contribution in [-0.2, 0) is 5.41 Å². The molecule has 0 atom stereocenters. The van der Waals surface area contributed by atoms with Crippen LogP contribution in [0.15, 0.2) is 170 Å². The molecule has 0 saturated heterocycles. The van der Waals surface area contributed by atoms with Gasteiger partial charge in [0.2, 0.25) is 0 Å². The maximum absolute atomic E-state index is 2.52. The standard InChI is InChI=1S/C62H62N2/c1-42-36-46(5)60(40-44(42)3)63(56-28-22-52(23-29-56)50-18-12-9-13-19-50)58-32-26-54(38-48(58)7)62(34-16-11-17-35-62)55-27-33-59(49(8)39-55)64(61-41-45(4)43(2)37-47(61)6)57-30-24-53(25-31-57)51-20-14-10-15-21-51/h9-10,12-15,18-33,36-41H,11,16-17,34-35H2,1-8H3. The molecule has 0 unspecified atom stereocenters. The fourth-order valence-corrected chi connectivity index (χ4v) is 10.4. The van der Waals surface area contributed by atoms with E-state index in [2.05, 4.69) is 235 Å². The molecule has 1 saturated carbocycles. The molecule has 0 heterocycles. The lowest BCUT2D eigenvalue weighted by Crippen LogP contribution is -2.31. The zero-order valence-corrected chi connectivity index (χ0v) is 39.1. The van der Waals surface area contributed by atoms with Crippen LogP contribution in [0.4, 0.5) is 34.1 Å². The van der Waals surface area contributed by atoms with Crippen LogP contribution in [0.3, 0.4) is 0 Å². The summed E-state index contributed by atoms with van der Waals surface area (Å²) in [5.74, 6) is 0. The average molecular weight is 835 g/mol. The van der Waals surface area contributed by atoms with Crippen LogP contribution >= 0.6 is 0 Å². The molecule has 0 N–H and O–H groups in total. The Balaban J connectivity index is 1.12. The number of hydrogen-bond donors (Lipinski definition) is 0. The lowest BCUT2D eigenvalue weighted by atomic mass is 9.65. The third-order valence-electron chi connectivity index (χ3n) is 14.3. The van der Waals surface area contributed by atoms with Crippen LogP contribution in [0.25, 0.3) is 22.3 Å². The van der Waals surface area contributed by atoms with Crippen LogP contribution < -0.4 is 9.80 Å². The third-order valence-corrected chi connectivity index (χ3v) is 14.3. The van der Waals surface area contributed by atoms with Crippen LogP contribution in [0.1, 0.15) is 87.7 Å². The summed E-state index contributed by atoms with van der Waals surface area (Å²) in [6, 6.07) is 63.8. The summed E-state index contributed by atoms with van der Waals surface area (Å²) in [7, 11) is 0. The highest BCUT2D eigenvalue weighted by atomic mass is 15.2. The maximum atomic E-state index is 2.52. The third kappa shape index (κ3) is 8.19. The normalized spacial score (nSPS) is 13.4. The molecule has 1 fully saturated rings. The Hall–Kier alpha value is -6.64. The Kier molecular flexibility index (Phi) is 11.9. The molecule has 0 amide bonds. The molecule has 0 aliphatic heterocycles. The lowest BCUT2D eigenvalue weighted by Gasteiger charge is -2.40.